The molecule has 16 heavy (non-hydrogen) atoms. The lowest BCUT2D eigenvalue weighted by molar-refractivity contribution is 0.0466. The summed E-state index contributed by atoms with van der Waals surface area (Å²) >= 11 is 0. The van der Waals surface area contributed by atoms with E-state index in [9.17, 15) is 0 Å². The van der Waals surface area contributed by atoms with Gasteiger partial charge in [-0.2, -0.15) is 5.10 Å². The monoisotopic (exact) mass is 221 g/mol. The van der Waals surface area contributed by atoms with Crippen LogP contribution < -0.4 is 5.32 Å². The van der Waals surface area contributed by atoms with Gasteiger partial charge in [-0.25, -0.2) is 4.68 Å². The SMILES string of the molecule is c1nn(C2CCCO2)cc1C1CCNCC1. The third-order valence-electron chi connectivity index (χ3n) is 3.63. The fourth-order valence-corrected chi connectivity index (χ4v) is 2.65. The smallest absolute Gasteiger partial charge is 0.150 e. The molecule has 2 aliphatic heterocycles. The van der Waals surface area contributed by atoms with Gasteiger partial charge in [-0.3, -0.25) is 0 Å². The lowest BCUT2D eigenvalue weighted by Gasteiger charge is -2.21. The van der Waals surface area contributed by atoms with Crippen LogP contribution in [0.1, 0.15) is 43.4 Å². The van der Waals surface area contributed by atoms with Crippen LogP contribution in [0.3, 0.4) is 0 Å². The molecule has 2 aliphatic rings. The maximum absolute atomic E-state index is 5.63. The highest BCUT2D eigenvalue weighted by Gasteiger charge is 2.21. The number of aromatic nitrogens is 2. The van der Waals surface area contributed by atoms with Gasteiger partial charge in [-0.15, -0.1) is 0 Å². The lowest BCUT2D eigenvalue weighted by Crippen LogP contribution is -2.26. The summed E-state index contributed by atoms with van der Waals surface area (Å²) in [7, 11) is 0. The second-order valence-corrected chi connectivity index (χ2v) is 4.75. The predicted molar refractivity (Wildman–Crippen MR) is 61.3 cm³/mol. The van der Waals surface area contributed by atoms with Gasteiger partial charge in [0.05, 0.1) is 6.20 Å². The van der Waals surface area contributed by atoms with Gasteiger partial charge in [0.1, 0.15) is 6.23 Å². The molecule has 4 heteroatoms. The van der Waals surface area contributed by atoms with Gasteiger partial charge in [0, 0.05) is 12.8 Å². The average Bonchev–Trinajstić information content (AvgIpc) is 3.01. The summed E-state index contributed by atoms with van der Waals surface area (Å²) in [5, 5.41) is 7.84. The van der Waals surface area contributed by atoms with Crippen molar-refractivity contribution >= 4 is 0 Å². The van der Waals surface area contributed by atoms with E-state index in [1.165, 1.54) is 18.4 Å². The van der Waals surface area contributed by atoms with E-state index in [0.717, 1.165) is 32.5 Å². The quantitative estimate of drug-likeness (QED) is 0.825. The van der Waals surface area contributed by atoms with Gasteiger partial charge in [0.2, 0.25) is 0 Å². The minimum absolute atomic E-state index is 0.190. The lowest BCUT2D eigenvalue weighted by atomic mass is 9.93. The minimum Gasteiger partial charge on any atom is -0.357 e. The van der Waals surface area contributed by atoms with Crippen molar-refractivity contribution in [3.63, 3.8) is 0 Å². The Morgan fingerprint density at radius 1 is 1.31 bits per heavy atom. The van der Waals surface area contributed by atoms with Crippen LogP contribution in [0.25, 0.3) is 0 Å². The van der Waals surface area contributed by atoms with Crippen molar-refractivity contribution in [1.29, 1.82) is 0 Å². The van der Waals surface area contributed by atoms with E-state index in [1.54, 1.807) is 0 Å². The normalized spacial score (nSPS) is 27.4. The van der Waals surface area contributed by atoms with Gasteiger partial charge in [0.15, 0.2) is 0 Å². The minimum atomic E-state index is 0.190. The van der Waals surface area contributed by atoms with E-state index < -0.39 is 0 Å². The van der Waals surface area contributed by atoms with E-state index in [4.69, 9.17) is 4.74 Å². The second-order valence-electron chi connectivity index (χ2n) is 4.75. The van der Waals surface area contributed by atoms with E-state index in [-0.39, 0.29) is 6.23 Å². The van der Waals surface area contributed by atoms with Gasteiger partial charge < -0.3 is 10.1 Å². The second kappa shape index (κ2) is 4.55. The van der Waals surface area contributed by atoms with Gasteiger partial charge in [-0.05, 0) is 50.3 Å². The van der Waals surface area contributed by atoms with Crippen LogP contribution in [0.4, 0.5) is 0 Å². The largest absolute Gasteiger partial charge is 0.357 e. The number of rotatable bonds is 2. The first kappa shape index (κ1) is 10.3. The Balaban J connectivity index is 1.71. The zero-order valence-corrected chi connectivity index (χ0v) is 9.56. The first-order valence-electron chi connectivity index (χ1n) is 6.30. The number of nitrogens with zero attached hydrogens (tertiary/aromatic N) is 2. The summed E-state index contributed by atoms with van der Waals surface area (Å²) in [5.74, 6) is 0.691. The van der Waals surface area contributed by atoms with E-state index in [0.29, 0.717) is 5.92 Å². The number of hydrogen-bond donors (Lipinski definition) is 1. The molecule has 0 spiro atoms. The molecular weight excluding hydrogens is 202 g/mol. The maximum atomic E-state index is 5.63. The molecular formula is C12H19N3O. The molecule has 1 atom stereocenters. The van der Waals surface area contributed by atoms with Gasteiger partial charge >= 0.3 is 0 Å². The maximum Gasteiger partial charge on any atom is 0.150 e. The van der Waals surface area contributed by atoms with Crippen molar-refractivity contribution in [2.45, 2.75) is 37.8 Å². The average molecular weight is 221 g/mol. The Labute approximate surface area is 96.0 Å². The van der Waals surface area contributed by atoms with E-state index in [1.807, 2.05) is 10.9 Å². The number of nitrogens with one attached hydrogen (secondary N) is 1. The Bertz CT molecular complexity index is 338. The summed E-state index contributed by atoms with van der Waals surface area (Å²) < 4.78 is 7.63. The van der Waals surface area contributed by atoms with Crippen molar-refractivity contribution in [1.82, 2.24) is 15.1 Å². The molecule has 88 valence electrons. The summed E-state index contributed by atoms with van der Waals surface area (Å²) in [5.41, 5.74) is 1.39. The van der Waals surface area contributed by atoms with Crippen LogP contribution in [0.15, 0.2) is 12.4 Å². The van der Waals surface area contributed by atoms with E-state index >= 15 is 0 Å². The first-order chi connectivity index (χ1) is 7.93. The fourth-order valence-electron chi connectivity index (χ4n) is 2.65. The molecule has 0 radical (unpaired) electrons. The van der Waals surface area contributed by atoms with Crippen molar-refractivity contribution < 1.29 is 4.74 Å². The summed E-state index contributed by atoms with van der Waals surface area (Å²) in [6.45, 7) is 3.15. The standard InChI is InChI=1S/C12H19N3O/c1-2-12(16-7-1)15-9-11(8-14-15)10-3-5-13-6-4-10/h8-10,12-13H,1-7H2. The van der Waals surface area contributed by atoms with Crippen LogP contribution >= 0.6 is 0 Å². The molecule has 3 rings (SSSR count). The predicted octanol–water partition coefficient (Wildman–Crippen LogP) is 1.66. The Hall–Kier alpha value is -0.870. The molecule has 1 aromatic rings. The Morgan fingerprint density at radius 2 is 2.19 bits per heavy atom. The van der Waals surface area contributed by atoms with Crippen LogP contribution in [0, 0.1) is 0 Å². The number of hydrogen-bond acceptors (Lipinski definition) is 3. The highest BCUT2D eigenvalue weighted by atomic mass is 16.5. The van der Waals surface area contributed by atoms with Crippen molar-refractivity contribution in [2.24, 2.45) is 0 Å². The molecule has 0 amide bonds. The van der Waals surface area contributed by atoms with Gasteiger partial charge in [-0.1, -0.05) is 0 Å². The molecule has 0 saturated carbocycles. The fraction of sp³-hybridized carbons (Fsp3) is 0.750. The zero-order valence-electron chi connectivity index (χ0n) is 9.56. The van der Waals surface area contributed by atoms with Crippen LogP contribution in [-0.2, 0) is 4.74 Å². The molecule has 0 aliphatic carbocycles. The molecule has 1 unspecified atom stereocenters. The molecule has 0 aromatic carbocycles. The number of piperidine rings is 1. The first-order valence-corrected chi connectivity index (χ1v) is 6.30. The molecule has 2 fully saturated rings. The third kappa shape index (κ3) is 1.99. The van der Waals surface area contributed by atoms with Crippen LogP contribution in [-0.4, -0.2) is 29.5 Å². The molecule has 1 N–H and O–H groups in total. The topological polar surface area (TPSA) is 39.1 Å². The van der Waals surface area contributed by atoms with Crippen molar-refractivity contribution in [3.05, 3.63) is 18.0 Å². The summed E-state index contributed by atoms with van der Waals surface area (Å²) in [6, 6.07) is 0. The third-order valence-corrected chi connectivity index (χ3v) is 3.63. The van der Waals surface area contributed by atoms with Crippen LogP contribution in [0.5, 0.6) is 0 Å². The Morgan fingerprint density at radius 3 is 2.94 bits per heavy atom. The molecule has 2 saturated heterocycles. The zero-order chi connectivity index (χ0) is 10.8. The Kier molecular flexibility index (Phi) is 2.93. The van der Waals surface area contributed by atoms with Crippen molar-refractivity contribution in [3.8, 4) is 0 Å². The molecule has 4 nitrogen and oxygen atoms in total. The van der Waals surface area contributed by atoms with Crippen molar-refractivity contribution in [2.75, 3.05) is 19.7 Å². The van der Waals surface area contributed by atoms with Gasteiger partial charge in [0.25, 0.3) is 0 Å². The van der Waals surface area contributed by atoms with E-state index in [2.05, 4.69) is 16.6 Å². The molecule has 1 aromatic heterocycles. The highest BCUT2D eigenvalue weighted by Crippen LogP contribution is 2.27. The molecule has 3 heterocycles. The molecule has 0 bridgehead atoms. The van der Waals surface area contributed by atoms with Crippen LogP contribution in [0.2, 0.25) is 0 Å². The summed E-state index contributed by atoms with van der Waals surface area (Å²) in [4.78, 5) is 0. The number of ether oxygens (including phenoxy) is 1. The summed E-state index contributed by atoms with van der Waals surface area (Å²) in [6.07, 6.45) is 9.13. The highest BCUT2D eigenvalue weighted by molar-refractivity contribution is 5.12.